The molecular weight excluding hydrogens is 348 g/mol. The zero-order valence-corrected chi connectivity index (χ0v) is 16.7. The maximum Gasteiger partial charge on any atom is 0.359 e. The summed E-state index contributed by atoms with van der Waals surface area (Å²) in [5.74, 6) is -0.800. The van der Waals surface area contributed by atoms with Crippen molar-refractivity contribution in [3.63, 3.8) is 0 Å². The van der Waals surface area contributed by atoms with E-state index in [9.17, 15) is 14.4 Å². The molecule has 3 heterocycles. The lowest BCUT2D eigenvalue weighted by Crippen LogP contribution is -2.44. The number of hydrogen-bond acceptors (Lipinski definition) is 5. The standard InChI is InChI=1S/C19H28N4O4/c1-6-27-18(26)16-13-11-22(8-7-14(13)21(5)20-16)17(25)12-9-15(24)23(10-12)19(2,3)4/h12H,6-11H2,1-5H3. The van der Waals surface area contributed by atoms with Gasteiger partial charge in [0.2, 0.25) is 11.8 Å². The van der Waals surface area contributed by atoms with Crippen molar-refractivity contribution in [1.82, 2.24) is 19.6 Å². The number of amides is 2. The van der Waals surface area contributed by atoms with Gasteiger partial charge in [0.1, 0.15) is 0 Å². The molecule has 0 saturated carbocycles. The molecule has 1 atom stereocenters. The average molecular weight is 376 g/mol. The Morgan fingerprint density at radius 3 is 2.59 bits per heavy atom. The molecule has 1 aromatic rings. The minimum atomic E-state index is -0.460. The van der Waals surface area contributed by atoms with E-state index in [0.717, 1.165) is 11.3 Å². The Hall–Kier alpha value is -2.38. The minimum Gasteiger partial charge on any atom is -0.461 e. The van der Waals surface area contributed by atoms with Gasteiger partial charge in [0.15, 0.2) is 5.69 Å². The summed E-state index contributed by atoms with van der Waals surface area (Å²) in [6.45, 7) is 9.30. The van der Waals surface area contributed by atoms with Gasteiger partial charge in [-0.15, -0.1) is 0 Å². The number of likely N-dealkylation sites (tertiary alicyclic amines) is 1. The molecule has 8 nitrogen and oxygen atoms in total. The first kappa shape index (κ1) is 19.4. The average Bonchev–Trinajstić information content (AvgIpc) is 3.15. The Labute approximate surface area is 159 Å². The van der Waals surface area contributed by atoms with Crippen molar-refractivity contribution in [2.75, 3.05) is 19.7 Å². The highest BCUT2D eigenvalue weighted by Gasteiger charge is 2.42. The Morgan fingerprint density at radius 1 is 1.30 bits per heavy atom. The van der Waals surface area contributed by atoms with Crippen LogP contribution in [0.3, 0.4) is 0 Å². The van der Waals surface area contributed by atoms with E-state index in [0.29, 0.717) is 26.1 Å². The molecule has 1 saturated heterocycles. The van der Waals surface area contributed by atoms with Crippen molar-refractivity contribution in [2.24, 2.45) is 13.0 Å². The van der Waals surface area contributed by atoms with E-state index < -0.39 is 5.97 Å². The maximum atomic E-state index is 13.0. The molecule has 148 valence electrons. The van der Waals surface area contributed by atoms with E-state index in [1.54, 1.807) is 28.5 Å². The molecule has 8 heteroatoms. The second-order valence-corrected chi connectivity index (χ2v) is 8.20. The lowest BCUT2D eigenvalue weighted by Gasteiger charge is -2.33. The van der Waals surface area contributed by atoms with Gasteiger partial charge in [-0.2, -0.15) is 5.10 Å². The van der Waals surface area contributed by atoms with Gasteiger partial charge in [-0.05, 0) is 27.7 Å². The van der Waals surface area contributed by atoms with Crippen LogP contribution in [0.5, 0.6) is 0 Å². The van der Waals surface area contributed by atoms with Crippen LogP contribution in [0.4, 0.5) is 0 Å². The third kappa shape index (κ3) is 3.57. The molecule has 1 unspecified atom stereocenters. The molecule has 0 bridgehead atoms. The number of nitrogens with zero attached hydrogens (tertiary/aromatic N) is 4. The van der Waals surface area contributed by atoms with Gasteiger partial charge in [0.25, 0.3) is 0 Å². The molecule has 1 aromatic heterocycles. The van der Waals surface area contributed by atoms with E-state index in [1.165, 1.54) is 0 Å². The van der Waals surface area contributed by atoms with Gasteiger partial charge in [-0.3, -0.25) is 14.3 Å². The lowest BCUT2D eigenvalue weighted by molar-refractivity contribution is -0.136. The normalized spacial score (nSPS) is 20.0. The number of esters is 1. The van der Waals surface area contributed by atoms with E-state index in [1.807, 2.05) is 20.8 Å². The van der Waals surface area contributed by atoms with Crippen molar-refractivity contribution in [1.29, 1.82) is 0 Å². The van der Waals surface area contributed by atoms with Crippen LogP contribution >= 0.6 is 0 Å². The fourth-order valence-electron chi connectivity index (χ4n) is 3.92. The lowest BCUT2D eigenvalue weighted by atomic mass is 10.0. The van der Waals surface area contributed by atoms with E-state index >= 15 is 0 Å². The predicted molar refractivity (Wildman–Crippen MR) is 97.9 cm³/mol. The highest BCUT2D eigenvalue weighted by molar-refractivity contribution is 5.91. The number of fused-ring (bicyclic) bond motifs is 1. The first-order valence-corrected chi connectivity index (χ1v) is 9.44. The highest BCUT2D eigenvalue weighted by Crippen LogP contribution is 2.29. The SMILES string of the molecule is CCOC(=O)c1nn(C)c2c1CN(C(=O)C1CC(=O)N(C(C)(C)C)C1)CC2. The second-order valence-electron chi connectivity index (χ2n) is 8.20. The van der Waals surface area contributed by atoms with Gasteiger partial charge in [0.05, 0.1) is 12.5 Å². The fraction of sp³-hybridized carbons (Fsp3) is 0.684. The molecule has 27 heavy (non-hydrogen) atoms. The van der Waals surface area contributed by atoms with Crippen LogP contribution in [0.1, 0.15) is 55.9 Å². The Bertz CT molecular complexity index is 777. The monoisotopic (exact) mass is 376 g/mol. The minimum absolute atomic E-state index is 0.0205. The molecule has 2 aliphatic heterocycles. The summed E-state index contributed by atoms with van der Waals surface area (Å²) in [5, 5.41) is 4.30. The molecule has 0 radical (unpaired) electrons. The van der Waals surface area contributed by atoms with Crippen LogP contribution in [-0.2, 0) is 34.3 Å². The summed E-state index contributed by atoms with van der Waals surface area (Å²) in [7, 11) is 1.80. The second kappa shape index (κ2) is 6.98. The van der Waals surface area contributed by atoms with Gasteiger partial charge in [-0.1, -0.05) is 0 Å². The summed E-state index contributed by atoms with van der Waals surface area (Å²) in [5.41, 5.74) is 1.71. The molecular formula is C19H28N4O4. The number of carbonyl (C=O) groups excluding carboxylic acids is 3. The largest absolute Gasteiger partial charge is 0.461 e. The van der Waals surface area contributed by atoms with Crippen molar-refractivity contribution in [3.8, 4) is 0 Å². The predicted octanol–water partition coefficient (Wildman–Crippen LogP) is 1.13. The summed E-state index contributed by atoms with van der Waals surface area (Å²) < 4.78 is 6.80. The van der Waals surface area contributed by atoms with E-state index in [4.69, 9.17) is 4.74 Å². The topological polar surface area (TPSA) is 84.7 Å². The first-order valence-electron chi connectivity index (χ1n) is 9.44. The van der Waals surface area contributed by atoms with Crippen LogP contribution in [0.2, 0.25) is 0 Å². The number of aryl methyl sites for hydroxylation is 1. The van der Waals surface area contributed by atoms with E-state index in [-0.39, 0.29) is 42.0 Å². The molecule has 0 spiro atoms. The van der Waals surface area contributed by atoms with Crippen molar-refractivity contribution in [3.05, 3.63) is 17.0 Å². The summed E-state index contributed by atoms with van der Waals surface area (Å²) in [4.78, 5) is 41.1. The summed E-state index contributed by atoms with van der Waals surface area (Å²) in [6.07, 6.45) is 0.880. The Morgan fingerprint density at radius 2 is 2.00 bits per heavy atom. The summed E-state index contributed by atoms with van der Waals surface area (Å²) in [6, 6.07) is 0. The number of aromatic nitrogens is 2. The van der Waals surface area contributed by atoms with Crippen molar-refractivity contribution >= 4 is 17.8 Å². The van der Waals surface area contributed by atoms with Gasteiger partial charge >= 0.3 is 5.97 Å². The third-order valence-electron chi connectivity index (χ3n) is 5.31. The fourth-order valence-corrected chi connectivity index (χ4v) is 3.92. The van der Waals surface area contributed by atoms with E-state index in [2.05, 4.69) is 5.10 Å². The van der Waals surface area contributed by atoms with Crippen LogP contribution in [0.15, 0.2) is 0 Å². The molecule has 2 aliphatic rings. The van der Waals surface area contributed by atoms with Crippen LogP contribution in [0, 0.1) is 5.92 Å². The molecule has 3 rings (SSSR count). The zero-order chi connectivity index (χ0) is 19.9. The Kier molecular flexibility index (Phi) is 5.01. The van der Waals surface area contributed by atoms with Crippen LogP contribution in [-0.4, -0.2) is 62.6 Å². The first-order chi connectivity index (χ1) is 12.6. The number of ether oxygens (including phenoxy) is 1. The van der Waals surface area contributed by atoms with Gasteiger partial charge < -0.3 is 14.5 Å². The van der Waals surface area contributed by atoms with Gasteiger partial charge in [0, 0.05) is 56.3 Å². The third-order valence-corrected chi connectivity index (χ3v) is 5.31. The molecule has 0 aliphatic carbocycles. The van der Waals surface area contributed by atoms with Crippen molar-refractivity contribution < 1.29 is 19.1 Å². The molecule has 1 fully saturated rings. The van der Waals surface area contributed by atoms with Crippen LogP contribution < -0.4 is 0 Å². The number of carbonyl (C=O) groups is 3. The number of rotatable bonds is 3. The quantitative estimate of drug-likeness (QED) is 0.739. The molecule has 0 aromatic carbocycles. The Balaban J connectivity index is 1.77. The highest BCUT2D eigenvalue weighted by atomic mass is 16.5. The van der Waals surface area contributed by atoms with Gasteiger partial charge in [-0.25, -0.2) is 4.79 Å². The zero-order valence-electron chi connectivity index (χ0n) is 16.7. The molecule has 0 N–H and O–H groups in total. The van der Waals surface area contributed by atoms with Crippen LogP contribution in [0.25, 0.3) is 0 Å². The summed E-state index contributed by atoms with van der Waals surface area (Å²) >= 11 is 0. The van der Waals surface area contributed by atoms with Crippen molar-refractivity contribution in [2.45, 2.75) is 52.6 Å². The maximum absolute atomic E-state index is 13.0. The molecule has 2 amide bonds. The number of hydrogen-bond donors (Lipinski definition) is 0. The smallest absolute Gasteiger partial charge is 0.359 e.